The molecule has 5 nitrogen and oxygen atoms in total. The first-order chi connectivity index (χ1) is 5.08. The van der Waals surface area contributed by atoms with E-state index in [-0.39, 0.29) is 5.82 Å². The average Bonchev–Trinajstić information content (AvgIpc) is 1.85. The highest BCUT2D eigenvalue weighted by Crippen LogP contribution is 2.33. The fraction of sp³-hybridized carbons (Fsp3) is 0. The largest absolute Gasteiger partial charge is 0.428 e. The van der Waals surface area contributed by atoms with Gasteiger partial charge in [-0.2, -0.15) is 0 Å². The van der Waals surface area contributed by atoms with Crippen LogP contribution in [0.15, 0.2) is 24.4 Å². The van der Waals surface area contributed by atoms with Gasteiger partial charge in [-0.05, 0) is 12.1 Å². The molecule has 11 heavy (non-hydrogen) atoms. The molecule has 0 unspecified atom stereocenters. The molecule has 0 radical (unpaired) electrons. The van der Waals surface area contributed by atoms with Crippen molar-refractivity contribution in [2.24, 2.45) is 0 Å². The second-order valence-electron chi connectivity index (χ2n) is 1.87. The molecule has 0 fully saturated rings. The van der Waals surface area contributed by atoms with Gasteiger partial charge in [-0.1, -0.05) is 6.07 Å². The third kappa shape index (κ3) is 3.13. The number of nitrogens with zero attached hydrogens (tertiary/aromatic N) is 1. The van der Waals surface area contributed by atoms with Gasteiger partial charge in [-0.15, -0.1) is 0 Å². The molecular formula is C5H7N2O3P. The van der Waals surface area contributed by atoms with Gasteiger partial charge in [0.15, 0.2) is 0 Å². The Hall–Kier alpha value is -0.900. The lowest BCUT2D eigenvalue weighted by Crippen LogP contribution is -1.95. The van der Waals surface area contributed by atoms with E-state index in [1.54, 1.807) is 12.1 Å². The molecule has 3 N–H and O–H groups in total. The van der Waals surface area contributed by atoms with Crippen LogP contribution in [0.4, 0.5) is 5.82 Å². The van der Waals surface area contributed by atoms with Crippen molar-refractivity contribution in [2.45, 2.75) is 0 Å². The van der Waals surface area contributed by atoms with E-state index in [1.807, 2.05) is 5.09 Å². The van der Waals surface area contributed by atoms with Crippen LogP contribution in [0.2, 0.25) is 0 Å². The van der Waals surface area contributed by atoms with Crippen molar-refractivity contribution < 1.29 is 14.4 Å². The van der Waals surface area contributed by atoms with E-state index in [1.165, 1.54) is 12.3 Å². The van der Waals surface area contributed by atoms with Gasteiger partial charge in [-0.3, -0.25) is 5.09 Å². The van der Waals surface area contributed by atoms with Crippen LogP contribution in [0.5, 0.6) is 0 Å². The number of aromatic nitrogens is 1. The summed E-state index contributed by atoms with van der Waals surface area (Å²) in [7, 11) is -4.20. The van der Waals surface area contributed by atoms with Crippen molar-refractivity contribution in [3.8, 4) is 0 Å². The van der Waals surface area contributed by atoms with Crippen LogP contribution in [0.1, 0.15) is 0 Å². The van der Waals surface area contributed by atoms with Crippen molar-refractivity contribution in [1.29, 1.82) is 0 Å². The number of pyridine rings is 1. The molecule has 0 bridgehead atoms. The van der Waals surface area contributed by atoms with Crippen LogP contribution in [0, 0.1) is 0 Å². The number of anilines is 1. The molecule has 1 heterocycles. The van der Waals surface area contributed by atoms with Crippen LogP contribution < -0.4 is 5.09 Å². The van der Waals surface area contributed by atoms with Crippen LogP contribution in [0.3, 0.4) is 0 Å². The van der Waals surface area contributed by atoms with Gasteiger partial charge in [-0.25, -0.2) is 9.55 Å². The minimum atomic E-state index is -4.20. The third-order valence-corrected chi connectivity index (χ3v) is 1.45. The molecule has 60 valence electrons. The topological polar surface area (TPSA) is 82.5 Å². The van der Waals surface area contributed by atoms with Gasteiger partial charge in [0.25, 0.3) is 0 Å². The average molecular weight is 174 g/mol. The van der Waals surface area contributed by atoms with Crippen LogP contribution in [0.25, 0.3) is 0 Å². The smallest absolute Gasteiger partial charge is 0.308 e. The maximum atomic E-state index is 10.3. The van der Waals surface area contributed by atoms with Crippen LogP contribution >= 0.6 is 7.75 Å². The number of nitrogens with one attached hydrogen (secondary N) is 1. The highest BCUT2D eigenvalue weighted by Gasteiger charge is 2.11. The summed E-state index contributed by atoms with van der Waals surface area (Å²) in [6.45, 7) is 0. The zero-order chi connectivity index (χ0) is 8.32. The molecule has 1 aromatic rings. The van der Waals surface area contributed by atoms with Crippen molar-refractivity contribution in [3.05, 3.63) is 24.4 Å². The maximum absolute atomic E-state index is 10.3. The fourth-order valence-electron chi connectivity index (χ4n) is 0.578. The molecule has 0 aromatic carbocycles. The van der Waals surface area contributed by atoms with E-state index in [0.29, 0.717) is 0 Å². The Bertz CT molecular complexity index is 270. The predicted octanol–water partition coefficient (Wildman–Crippen LogP) is 0.586. The normalized spacial score (nSPS) is 11.1. The zero-order valence-electron chi connectivity index (χ0n) is 5.51. The number of hydrogen-bond donors (Lipinski definition) is 3. The summed E-state index contributed by atoms with van der Waals surface area (Å²) in [5.74, 6) is 0.167. The van der Waals surface area contributed by atoms with Gasteiger partial charge >= 0.3 is 7.75 Å². The lowest BCUT2D eigenvalue weighted by Gasteiger charge is -2.04. The van der Waals surface area contributed by atoms with Gasteiger partial charge in [0.2, 0.25) is 0 Å². The summed E-state index contributed by atoms with van der Waals surface area (Å²) < 4.78 is 10.3. The molecule has 1 aromatic heterocycles. The summed E-state index contributed by atoms with van der Waals surface area (Å²) in [6.07, 6.45) is 1.44. The van der Waals surface area contributed by atoms with Crippen molar-refractivity contribution in [2.75, 3.05) is 5.09 Å². The highest BCUT2D eigenvalue weighted by atomic mass is 31.2. The summed E-state index contributed by atoms with van der Waals surface area (Å²) >= 11 is 0. The fourth-order valence-corrected chi connectivity index (χ4v) is 1.01. The summed E-state index contributed by atoms with van der Waals surface area (Å²) in [5, 5.41) is 1.94. The van der Waals surface area contributed by atoms with E-state index in [0.717, 1.165) is 0 Å². The van der Waals surface area contributed by atoms with E-state index in [9.17, 15) is 4.57 Å². The van der Waals surface area contributed by atoms with Gasteiger partial charge in [0.05, 0.1) is 0 Å². The summed E-state index contributed by atoms with van der Waals surface area (Å²) in [6, 6.07) is 4.76. The molecular weight excluding hydrogens is 167 g/mol. The first-order valence-corrected chi connectivity index (χ1v) is 4.44. The molecule has 0 saturated carbocycles. The quantitative estimate of drug-likeness (QED) is 0.571. The van der Waals surface area contributed by atoms with Gasteiger partial charge < -0.3 is 9.79 Å². The van der Waals surface area contributed by atoms with E-state index < -0.39 is 7.75 Å². The van der Waals surface area contributed by atoms with Crippen LogP contribution in [-0.2, 0) is 4.57 Å². The molecule has 1 rings (SSSR count). The minimum Gasteiger partial charge on any atom is -0.308 e. The van der Waals surface area contributed by atoms with Crippen molar-refractivity contribution in [1.82, 2.24) is 4.98 Å². The summed E-state index contributed by atoms with van der Waals surface area (Å²) in [4.78, 5) is 20.5. The molecule has 0 atom stereocenters. The Labute approximate surface area is 63.3 Å². The van der Waals surface area contributed by atoms with Crippen LogP contribution in [-0.4, -0.2) is 14.8 Å². The Morgan fingerprint density at radius 1 is 1.45 bits per heavy atom. The number of rotatable bonds is 2. The second-order valence-corrected chi connectivity index (χ2v) is 3.18. The molecule has 6 heteroatoms. The first kappa shape index (κ1) is 8.20. The van der Waals surface area contributed by atoms with Gasteiger partial charge in [0.1, 0.15) is 5.82 Å². The Kier molecular flexibility index (Phi) is 2.24. The third-order valence-electron chi connectivity index (χ3n) is 0.925. The van der Waals surface area contributed by atoms with E-state index in [4.69, 9.17) is 9.79 Å². The zero-order valence-corrected chi connectivity index (χ0v) is 6.40. The molecule has 0 aliphatic carbocycles. The van der Waals surface area contributed by atoms with E-state index >= 15 is 0 Å². The van der Waals surface area contributed by atoms with E-state index in [2.05, 4.69) is 4.98 Å². The SMILES string of the molecule is O=P(O)(O)Nc1ccccn1. The molecule has 0 aliphatic rings. The lowest BCUT2D eigenvalue weighted by atomic mass is 10.5. The molecule has 0 spiro atoms. The monoisotopic (exact) mass is 174 g/mol. The first-order valence-electron chi connectivity index (χ1n) is 2.83. The van der Waals surface area contributed by atoms with Gasteiger partial charge in [0, 0.05) is 6.20 Å². The molecule has 0 amide bonds. The van der Waals surface area contributed by atoms with Crippen molar-refractivity contribution >= 4 is 13.6 Å². The Morgan fingerprint density at radius 2 is 2.18 bits per heavy atom. The minimum absolute atomic E-state index is 0.167. The standard InChI is InChI=1S/C5H7N2O3P/c8-11(9,10)7-5-3-1-2-4-6-5/h1-4H,(H3,6,7,8,9,10). The molecule has 0 aliphatic heterocycles. The Morgan fingerprint density at radius 3 is 2.64 bits per heavy atom. The predicted molar refractivity (Wildman–Crippen MR) is 39.9 cm³/mol. The molecule has 0 saturated heterocycles. The highest BCUT2D eigenvalue weighted by molar-refractivity contribution is 7.53. The second kappa shape index (κ2) is 3.00. The Balaban J connectivity index is 2.74. The number of hydrogen-bond acceptors (Lipinski definition) is 2. The maximum Gasteiger partial charge on any atom is 0.428 e. The summed E-state index contributed by atoms with van der Waals surface area (Å²) in [5.41, 5.74) is 0. The van der Waals surface area contributed by atoms with Crippen molar-refractivity contribution in [3.63, 3.8) is 0 Å². The lowest BCUT2D eigenvalue weighted by molar-refractivity contribution is 0.380.